The van der Waals surface area contributed by atoms with Crippen LogP contribution in [0.2, 0.25) is 0 Å². The standard InChI is InChI=1S/C27H23N3O2/c1-32-22-14-12-19(13-15-22)24-21(17-28)16-23-25(18-8-4-2-5-9-18)26(29-30(23)27(24)31)20-10-6-3-7-11-20/h2-15H,16-17,28H2,1H3. The first-order chi connectivity index (χ1) is 15.7. The fraction of sp³-hybridized carbons (Fsp3) is 0.111. The first-order valence-electron chi connectivity index (χ1n) is 10.5. The van der Waals surface area contributed by atoms with E-state index in [0.717, 1.165) is 45.0 Å². The molecule has 3 aromatic carbocycles. The number of methoxy groups -OCH3 is 1. The Morgan fingerprint density at radius 2 is 1.50 bits per heavy atom. The van der Waals surface area contributed by atoms with E-state index in [4.69, 9.17) is 15.6 Å². The lowest BCUT2D eigenvalue weighted by atomic mass is 9.89. The molecule has 1 aliphatic rings. The van der Waals surface area contributed by atoms with Gasteiger partial charge in [0.1, 0.15) is 11.4 Å². The molecule has 0 bridgehead atoms. The SMILES string of the molecule is COc1ccc(C2=C(CN)Cc3c(-c4ccccc4)c(-c4ccccc4)nn3C2=O)cc1. The minimum Gasteiger partial charge on any atom is -0.497 e. The number of nitrogens with two attached hydrogens (primary N) is 1. The van der Waals surface area contributed by atoms with Gasteiger partial charge in [0.2, 0.25) is 0 Å². The minimum absolute atomic E-state index is 0.156. The zero-order valence-electron chi connectivity index (χ0n) is 17.8. The van der Waals surface area contributed by atoms with Gasteiger partial charge in [-0.1, -0.05) is 72.8 Å². The van der Waals surface area contributed by atoms with Gasteiger partial charge in [0.05, 0.1) is 12.8 Å². The van der Waals surface area contributed by atoms with Crippen molar-refractivity contribution in [1.82, 2.24) is 9.78 Å². The van der Waals surface area contributed by atoms with Crippen LogP contribution in [0.4, 0.5) is 0 Å². The van der Waals surface area contributed by atoms with Gasteiger partial charge in [-0.15, -0.1) is 0 Å². The van der Waals surface area contributed by atoms with Crippen molar-refractivity contribution in [2.75, 3.05) is 13.7 Å². The molecule has 4 aromatic rings. The van der Waals surface area contributed by atoms with Crippen molar-refractivity contribution in [2.24, 2.45) is 5.73 Å². The molecule has 158 valence electrons. The van der Waals surface area contributed by atoms with Gasteiger partial charge in [0, 0.05) is 29.7 Å². The smallest absolute Gasteiger partial charge is 0.279 e. The number of hydrogen-bond donors (Lipinski definition) is 1. The summed E-state index contributed by atoms with van der Waals surface area (Å²) >= 11 is 0. The maximum absolute atomic E-state index is 13.7. The van der Waals surface area contributed by atoms with Gasteiger partial charge in [-0.2, -0.15) is 9.78 Å². The molecule has 5 nitrogen and oxygen atoms in total. The number of fused-ring (bicyclic) bond motifs is 1. The van der Waals surface area contributed by atoms with Gasteiger partial charge in [0.25, 0.3) is 5.91 Å². The van der Waals surface area contributed by atoms with Crippen molar-refractivity contribution < 1.29 is 9.53 Å². The lowest BCUT2D eigenvalue weighted by Crippen LogP contribution is -2.26. The molecule has 1 aromatic heterocycles. The third kappa shape index (κ3) is 3.33. The van der Waals surface area contributed by atoms with Crippen LogP contribution < -0.4 is 10.5 Å². The number of carbonyl (C=O) groups excluding carboxylic acids is 1. The number of nitrogens with zero attached hydrogens (tertiary/aromatic N) is 2. The molecule has 0 fully saturated rings. The van der Waals surface area contributed by atoms with Crippen LogP contribution in [0.15, 0.2) is 90.5 Å². The van der Waals surface area contributed by atoms with Crippen LogP contribution in [0.3, 0.4) is 0 Å². The number of hydrogen-bond acceptors (Lipinski definition) is 4. The monoisotopic (exact) mass is 421 g/mol. The second-order valence-electron chi connectivity index (χ2n) is 7.71. The van der Waals surface area contributed by atoms with E-state index in [0.29, 0.717) is 18.5 Å². The Hall–Kier alpha value is -3.96. The van der Waals surface area contributed by atoms with Crippen LogP contribution in [0, 0.1) is 0 Å². The topological polar surface area (TPSA) is 70.1 Å². The van der Waals surface area contributed by atoms with Gasteiger partial charge in [0.15, 0.2) is 0 Å². The average Bonchev–Trinajstić information content (AvgIpc) is 3.25. The van der Waals surface area contributed by atoms with Crippen molar-refractivity contribution >= 4 is 11.5 Å². The zero-order chi connectivity index (χ0) is 22.1. The molecule has 1 aliphatic heterocycles. The predicted octanol–water partition coefficient (Wildman–Crippen LogP) is 4.83. The Morgan fingerprint density at radius 1 is 0.875 bits per heavy atom. The molecule has 0 aliphatic carbocycles. The fourth-order valence-electron chi connectivity index (χ4n) is 4.30. The summed E-state index contributed by atoms with van der Waals surface area (Å²) in [5, 5.41) is 4.82. The van der Waals surface area contributed by atoms with E-state index in [1.807, 2.05) is 72.8 Å². The number of benzene rings is 3. The molecule has 0 radical (unpaired) electrons. The maximum Gasteiger partial charge on any atom is 0.279 e. The Labute approximate surface area is 186 Å². The third-order valence-corrected chi connectivity index (χ3v) is 5.86. The number of carbonyl (C=O) groups is 1. The Morgan fingerprint density at radius 3 is 2.09 bits per heavy atom. The summed E-state index contributed by atoms with van der Waals surface area (Å²) in [5.74, 6) is 0.584. The normalized spacial score (nSPS) is 13.2. The van der Waals surface area contributed by atoms with Crippen LogP contribution in [-0.4, -0.2) is 29.3 Å². The number of allylic oxidation sites excluding steroid dienone is 1. The van der Waals surface area contributed by atoms with Crippen LogP contribution in [0.25, 0.3) is 28.0 Å². The van der Waals surface area contributed by atoms with Crippen molar-refractivity contribution in [3.05, 3.63) is 102 Å². The van der Waals surface area contributed by atoms with E-state index in [2.05, 4.69) is 12.1 Å². The van der Waals surface area contributed by atoms with E-state index in [9.17, 15) is 4.79 Å². The summed E-state index contributed by atoms with van der Waals surface area (Å²) in [6.45, 7) is 0.299. The summed E-state index contributed by atoms with van der Waals surface area (Å²) in [6.07, 6.45) is 0.563. The highest BCUT2D eigenvalue weighted by atomic mass is 16.5. The second-order valence-corrected chi connectivity index (χ2v) is 7.71. The molecular weight excluding hydrogens is 398 g/mol. The molecule has 2 N–H and O–H groups in total. The summed E-state index contributed by atoms with van der Waals surface area (Å²) in [6, 6.07) is 27.6. The molecule has 0 spiro atoms. The first kappa shape index (κ1) is 20.0. The lowest BCUT2D eigenvalue weighted by molar-refractivity contribution is 0.0958. The molecule has 0 atom stereocenters. The van der Waals surface area contributed by atoms with E-state index >= 15 is 0 Å². The van der Waals surface area contributed by atoms with Gasteiger partial charge in [-0.3, -0.25) is 4.79 Å². The molecule has 5 heteroatoms. The Bertz CT molecular complexity index is 1300. The summed E-state index contributed by atoms with van der Waals surface area (Å²) in [4.78, 5) is 13.7. The Balaban J connectivity index is 1.71. The molecular formula is C27H23N3O2. The molecule has 0 amide bonds. The van der Waals surface area contributed by atoms with Crippen LogP contribution in [0.5, 0.6) is 5.75 Å². The number of rotatable bonds is 5. The van der Waals surface area contributed by atoms with E-state index in [1.54, 1.807) is 11.8 Å². The van der Waals surface area contributed by atoms with Crippen LogP contribution in [0.1, 0.15) is 16.1 Å². The highest BCUT2D eigenvalue weighted by Gasteiger charge is 2.32. The predicted molar refractivity (Wildman–Crippen MR) is 126 cm³/mol. The van der Waals surface area contributed by atoms with E-state index in [1.165, 1.54) is 0 Å². The van der Waals surface area contributed by atoms with Crippen molar-refractivity contribution in [1.29, 1.82) is 0 Å². The molecule has 2 heterocycles. The molecule has 0 unspecified atom stereocenters. The number of aromatic nitrogens is 2. The highest BCUT2D eigenvalue weighted by Crippen LogP contribution is 2.39. The van der Waals surface area contributed by atoms with Gasteiger partial charge < -0.3 is 10.5 Å². The summed E-state index contributed by atoms with van der Waals surface area (Å²) < 4.78 is 6.83. The number of ether oxygens (including phenoxy) is 1. The van der Waals surface area contributed by atoms with Gasteiger partial charge >= 0.3 is 0 Å². The highest BCUT2D eigenvalue weighted by molar-refractivity contribution is 6.23. The lowest BCUT2D eigenvalue weighted by Gasteiger charge is -2.21. The van der Waals surface area contributed by atoms with Crippen molar-refractivity contribution in [3.8, 4) is 28.1 Å². The van der Waals surface area contributed by atoms with Crippen LogP contribution >= 0.6 is 0 Å². The third-order valence-electron chi connectivity index (χ3n) is 5.86. The molecule has 0 saturated carbocycles. The molecule has 32 heavy (non-hydrogen) atoms. The zero-order valence-corrected chi connectivity index (χ0v) is 17.8. The largest absolute Gasteiger partial charge is 0.497 e. The van der Waals surface area contributed by atoms with Crippen LogP contribution in [-0.2, 0) is 6.42 Å². The quantitative estimate of drug-likeness (QED) is 0.501. The van der Waals surface area contributed by atoms with Gasteiger partial charge in [-0.05, 0) is 28.8 Å². The maximum atomic E-state index is 13.7. The second kappa shape index (κ2) is 8.29. The van der Waals surface area contributed by atoms with Crippen molar-refractivity contribution in [2.45, 2.75) is 6.42 Å². The average molecular weight is 422 g/mol. The Kier molecular flexibility index (Phi) is 5.17. The van der Waals surface area contributed by atoms with Crippen molar-refractivity contribution in [3.63, 3.8) is 0 Å². The summed E-state index contributed by atoms with van der Waals surface area (Å²) in [7, 11) is 1.62. The minimum atomic E-state index is -0.156. The van der Waals surface area contributed by atoms with E-state index < -0.39 is 0 Å². The first-order valence-corrected chi connectivity index (χ1v) is 10.5. The molecule has 5 rings (SSSR count). The molecule has 0 saturated heterocycles. The summed E-state index contributed by atoms with van der Waals surface area (Å²) in [5.41, 5.74) is 13.1. The van der Waals surface area contributed by atoms with Gasteiger partial charge in [-0.25, -0.2) is 0 Å². The fourth-order valence-corrected chi connectivity index (χ4v) is 4.30. The van der Waals surface area contributed by atoms with E-state index in [-0.39, 0.29) is 5.91 Å².